The van der Waals surface area contributed by atoms with Crippen LogP contribution in [0.1, 0.15) is 32.3 Å². The molecule has 1 N–H and O–H groups in total. The van der Waals surface area contributed by atoms with Crippen LogP contribution in [0.15, 0.2) is 24.3 Å². The SMILES string of the molecule is CCCNC1CCN(c2ccc(C(F)(F)F)cc2)CC1C. The zero-order chi connectivity index (χ0) is 15.5. The van der Waals surface area contributed by atoms with E-state index in [1.807, 2.05) is 0 Å². The lowest BCUT2D eigenvalue weighted by atomic mass is 9.93. The molecule has 2 rings (SSSR count). The number of nitrogens with zero attached hydrogens (tertiary/aromatic N) is 1. The molecular weight excluding hydrogens is 277 g/mol. The van der Waals surface area contributed by atoms with Crippen molar-refractivity contribution in [2.45, 2.75) is 38.9 Å². The Morgan fingerprint density at radius 3 is 2.43 bits per heavy atom. The van der Waals surface area contributed by atoms with Crippen LogP contribution in [-0.4, -0.2) is 25.7 Å². The van der Waals surface area contributed by atoms with Gasteiger partial charge in [0.05, 0.1) is 5.56 Å². The maximum Gasteiger partial charge on any atom is 0.416 e. The lowest BCUT2D eigenvalue weighted by Crippen LogP contribution is -2.48. The van der Waals surface area contributed by atoms with Gasteiger partial charge in [-0.1, -0.05) is 13.8 Å². The summed E-state index contributed by atoms with van der Waals surface area (Å²) in [5.41, 5.74) is 0.294. The average Bonchev–Trinajstić information content (AvgIpc) is 2.45. The summed E-state index contributed by atoms with van der Waals surface area (Å²) in [5.74, 6) is 0.493. The topological polar surface area (TPSA) is 15.3 Å². The van der Waals surface area contributed by atoms with E-state index in [0.29, 0.717) is 12.0 Å². The van der Waals surface area contributed by atoms with E-state index in [2.05, 4.69) is 24.1 Å². The van der Waals surface area contributed by atoms with Gasteiger partial charge in [-0.25, -0.2) is 0 Å². The molecule has 0 saturated carbocycles. The predicted molar refractivity (Wildman–Crippen MR) is 79.5 cm³/mol. The fraction of sp³-hybridized carbons (Fsp3) is 0.625. The molecule has 1 fully saturated rings. The Labute approximate surface area is 124 Å². The van der Waals surface area contributed by atoms with Crippen LogP contribution in [0.2, 0.25) is 0 Å². The first-order valence-corrected chi connectivity index (χ1v) is 7.57. The van der Waals surface area contributed by atoms with Crippen molar-refractivity contribution in [1.29, 1.82) is 0 Å². The minimum atomic E-state index is -4.26. The molecule has 0 aliphatic carbocycles. The number of rotatable bonds is 4. The molecule has 1 aromatic carbocycles. The van der Waals surface area contributed by atoms with Crippen LogP contribution < -0.4 is 10.2 Å². The van der Waals surface area contributed by atoms with Crippen molar-refractivity contribution >= 4 is 5.69 Å². The van der Waals surface area contributed by atoms with Gasteiger partial charge in [-0.3, -0.25) is 0 Å². The van der Waals surface area contributed by atoms with Crippen molar-refractivity contribution in [2.24, 2.45) is 5.92 Å². The highest BCUT2D eigenvalue weighted by Crippen LogP contribution is 2.31. The highest BCUT2D eigenvalue weighted by Gasteiger charge is 2.31. The second-order valence-corrected chi connectivity index (χ2v) is 5.82. The third kappa shape index (κ3) is 4.13. The van der Waals surface area contributed by atoms with E-state index >= 15 is 0 Å². The van der Waals surface area contributed by atoms with Gasteiger partial charge in [0, 0.05) is 24.8 Å². The van der Waals surface area contributed by atoms with Crippen molar-refractivity contribution in [3.63, 3.8) is 0 Å². The standard InChI is InChI=1S/C16H23F3N2/c1-3-9-20-15-8-10-21(11-12(15)2)14-6-4-13(5-7-14)16(17,18)19/h4-7,12,15,20H,3,8-11H2,1-2H3. The molecule has 21 heavy (non-hydrogen) atoms. The summed E-state index contributed by atoms with van der Waals surface area (Å²) in [4.78, 5) is 2.18. The van der Waals surface area contributed by atoms with Crippen LogP contribution in [0.4, 0.5) is 18.9 Å². The van der Waals surface area contributed by atoms with Gasteiger partial charge in [-0.2, -0.15) is 13.2 Å². The molecular formula is C16H23F3N2. The first-order valence-electron chi connectivity index (χ1n) is 7.57. The minimum Gasteiger partial charge on any atom is -0.371 e. The van der Waals surface area contributed by atoms with Crippen LogP contribution >= 0.6 is 0 Å². The normalized spacial score (nSPS) is 23.4. The Kier molecular flexibility index (Phi) is 5.14. The smallest absolute Gasteiger partial charge is 0.371 e. The molecule has 2 nitrogen and oxygen atoms in total. The maximum absolute atomic E-state index is 12.6. The first-order chi connectivity index (χ1) is 9.91. The van der Waals surface area contributed by atoms with Gasteiger partial charge in [0.1, 0.15) is 0 Å². The lowest BCUT2D eigenvalue weighted by Gasteiger charge is -2.38. The summed E-state index contributed by atoms with van der Waals surface area (Å²) in [6.07, 6.45) is -2.11. The van der Waals surface area contributed by atoms with Crippen molar-refractivity contribution < 1.29 is 13.2 Å². The molecule has 0 amide bonds. The molecule has 1 heterocycles. The summed E-state index contributed by atoms with van der Waals surface area (Å²) in [5, 5.41) is 3.55. The molecule has 1 aliphatic heterocycles. The van der Waals surface area contributed by atoms with Crippen LogP contribution in [0, 0.1) is 5.92 Å². The highest BCUT2D eigenvalue weighted by atomic mass is 19.4. The molecule has 2 atom stereocenters. The van der Waals surface area contributed by atoms with Crippen LogP contribution in [0.25, 0.3) is 0 Å². The zero-order valence-electron chi connectivity index (χ0n) is 12.6. The summed E-state index contributed by atoms with van der Waals surface area (Å²) < 4.78 is 37.7. The number of alkyl halides is 3. The molecule has 5 heteroatoms. The molecule has 2 unspecified atom stereocenters. The van der Waals surface area contributed by atoms with Gasteiger partial charge in [-0.15, -0.1) is 0 Å². The number of benzene rings is 1. The minimum absolute atomic E-state index is 0.493. The lowest BCUT2D eigenvalue weighted by molar-refractivity contribution is -0.137. The molecule has 0 spiro atoms. The first kappa shape index (κ1) is 16.1. The van der Waals surface area contributed by atoms with E-state index in [1.54, 1.807) is 12.1 Å². The Bertz CT molecular complexity index is 442. The summed E-state index contributed by atoms with van der Waals surface area (Å²) in [7, 11) is 0. The van der Waals surface area contributed by atoms with Gasteiger partial charge in [0.15, 0.2) is 0 Å². The van der Waals surface area contributed by atoms with Crippen LogP contribution in [0.3, 0.4) is 0 Å². The second kappa shape index (κ2) is 6.69. The number of piperidine rings is 1. The summed E-state index contributed by atoms with van der Waals surface area (Å²) in [6, 6.07) is 6.00. The van der Waals surface area contributed by atoms with Gasteiger partial charge < -0.3 is 10.2 Å². The van der Waals surface area contributed by atoms with Crippen molar-refractivity contribution in [2.75, 3.05) is 24.5 Å². The third-order valence-electron chi connectivity index (χ3n) is 4.12. The second-order valence-electron chi connectivity index (χ2n) is 5.82. The summed E-state index contributed by atoms with van der Waals surface area (Å²) >= 11 is 0. The fourth-order valence-corrected chi connectivity index (χ4v) is 2.87. The average molecular weight is 300 g/mol. The Hall–Kier alpha value is -1.23. The third-order valence-corrected chi connectivity index (χ3v) is 4.12. The van der Waals surface area contributed by atoms with Gasteiger partial charge in [-0.05, 0) is 49.6 Å². The van der Waals surface area contributed by atoms with Gasteiger partial charge >= 0.3 is 6.18 Å². The van der Waals surface area contributed by atoms with Gasteiger partial charge in [0.25, 0.3) is 0 Å². The quantitative estimate of drug-likeness (QED) is 0.906. The van der Waals surface area contributed by atoms with E-state index in [0.717, 1.165) is 38.2 Å². The van der Waals surface area contributed by atoms with E-state index in [1.165, 1.54) is 12.1 Å². The Balaban J connectivity index is 1.98. The molecule has 0 bridgehead atoms. The monoisotopic (exact) mass is 300 g/mol. The van der Waals surface area contributed by atoms with E-state index in [9.17, 15) is 13.2 Å². The predicted octanol–water partition coefficient (Wildman–Crippen LogP) is 3.92. The summed E-state index contributed by atoms with van der Waals surface area (Å²) in [6.45, 7) is 7.14. The van der Waals surface area contributed by atoms with E-state index in [-0.39, 0.29) is 0 Å². The number of hydrogen-bond acceptors (Lipinski definition) is 2. The largest absolute Gasteiger partial charge is 0.416 e. The molecule has 118 valence electrons. The number of anilines is 1. The molecule has 0 aromatic heterocycles. The van der Waals surface area contributed by atoms with Crippen LogP contribution in [-0.2, 0) is 6.18 Å². The van der Waals surface area contributed by atoms with Crippen molar-refractivity contribution in [3.05, 3.63) is 29.8 Å². The number of hydrogen-bond donors (Lipinski definition) is 1. The van der Waals surface area contributed by atoms with Crippen LogP contribution in [0.5, 0.6) is 0 Å². The highest BCUT2D eigenvalue weighted by molar-refractivity contribution is 5.48. The molecule has 0 radical (unpaired) electrons. The Morgan fingerprint density at radius 1 is 1.24 bits per heavy atom. The number of halogens is 3. The molecule has 1 aromatic rings. The van der Waals surface area contributed by atoms with Crippen molar-refractivity contribution in [1.82, 2.24) is 5.32 Å². The van der Waals surface area contributed by atoms with Crippen molar-refractivity contribution in [3.8, 4) is 0 Å². The zero-order valence-corrected chi connectivity index (χ0v) is 12.6. The fourth-order valence-electron chi connectivity index (χ4n) is 2.87. The van der Waals surface area contributed by atoms with E-state index in [4.69, 9.17) is 0 Å². The van der Waals surface area contributed by atoms with E-state index < -0.39 is 11.7 Å². The maximum atomic E-state index is 12.6. The van der Waals surface area contributed by atoms with Gasteiger partial charge in [0.2, 0.25) is 0 Å². The number of nitrogens with one attached hydrogen (secondary N) is 1. The molecule has 1 aliphatic rings. The molecule has 1 saturated heterocycles. The Morgan fingerprint density at radius 2 is 1.90 bits per heavy atom.